The summed E-state index contributed by atoms with van der Waals surface area (Å²) in [4.78, 5) is 25.2. The Morgan fingerprint density at radius 3 is 2.03 bits per heavy atom. The maximum Gasteiger partial charge on any atom is 0.328 e. The third-order valence-corrected chi connectivity index (χ3v) is 5.11. The Bertz CT molecular complexity index is 1160. The molecule has 0 atom stereocenters. The number of hydrogen-bond acceptors (Lipinski definition) is 6. The number of nitrogens with two attached hydrogens (primary N) is 2. The van der Waals surface area contributed by atoms with Crippen LogP contribution in [0, 0.1) is 11.6 Å². The second kappa shape index (κ2) is 9.58. The number of aliphatic hydroxyl groups is 1. The molecule has 0 amide bonds. The van der Waals surface area contributed by atoms with Gasteiger partial charge in [0.05, 0.1) is 6.54 Å². The van der Waals surface area contributed by atoms with E-state index in [1.54, 1.807) is 0 Å². The molecule has 0 spiro atoms. The van der Waals surface area contributed by atoms with Gasteiger partial charge in [0.2, 0.25) is 0 Å². The van der Waals surface area contributed by atoms with Gasteiger partial charge in [-0.1, -0.05) is 24.3 Å². The predicted molar refractivity (Wildman–Crippen MR) is 115 cm³/mol. The first-order valence-corrected chi connectivity index (χ1v) is 9.70. The van der Waals surface area contributed by atoms with Crippen LogP contribution < -0.4 is 22.8 Å². The Hall–Kier alpha value is -3.76. The van der Waals surface area contributed by atoms with Crippen LogP contribution in [0.2, 0.25) is 0 Å². The van der Waals surface area contributed by atoms with Crippen molar-refractivity contribution in [1.82, 2.24) is 14.6 Å². The van der Waals surface area contributed by atoms with Gasteiger partial charge in [-0.15, -0.1) is 0 Å². The molecule has 1 heterocycles. The fourth-order valence-corrected chi connectivity index (χ4v) is 3.33. The lowest BCUT2D eigenvalue weighted by Crippen LogP contribution is -2.45. The molecule has 3 aromatic rings. The molecule has 0 aliphatic heterocycles. The summed E-state index contributed by atoms with van der Waals surface area (Å²) >= 11 is 0. The Morgan fingerprint density at radius 1 is 1.03 bits per heavy atom. The maximum absolute atomic E-state index is 13.5. The molecule has 0 radical (unpaired) electrons. The molecule has 0 bridgehead atoms. The number of aromatic nitrogens is 2. The van der Waals surface area contributed by atoms with Crippen LogP contribution in [0.25, 0.3) is 0 Å². The van der Waals surface area contributed by atoms with Crippen molar-refractivity contribution in [2.75, 3.05) is 6.54 Å². The van der Waals surface area contributed by atoms with Gasteiger partial charge in [0, 0.05) is 37.1 Å². The summed E-state index contributed by atoms with van der Waals surface area (Å²) in [5.41, 5.74) is 3.99. The summed E-state index contributed by atoms with van der Waals surface area (Å²) in [6.07, 6.45) is 2.80. The molecule has 0 aliphatic rings. The second-order valence-corrected chi connectivity index (χ2v) is 7.21. The number of aryl methyl sites for hydroxylation is 1. The van der Waals surface area contributed by atoms with Crippen molar-refractivity contribution in [3.8, 4) is 0 Å². The molecular formula is C22H23F2N5O3. The van der Waals surface area contributed by atoms with Gasteiger partial charge < -0.3 is 20.4 Å². The van der Waals surface area contributed by atoms with Gasteiger partial charge in [-0.3, -0.25) is 9.78 Å². The number of rotatable bonds is 8. The minimum absolute atomic E-state index is 0.165. The first-order valence-electron chi connectivity index (χ1n) is 9.70. The number of hydrogen-bond donors (Lipinski definition) is 4. The van der Waals surface area contributed by atoms with Crippen LogP contribution in [0.15, 0.2) is 82.3 Å². The maximum atomic E-state index is 13.5. The van der Waals surface area contributed by atoms with E-state index in [1.165, 1.54) is 76.6 Å². The Morgan fingerprint density at radius 2 is 1.56 bits per heavy atom. The number of H-pyrrole nitrogens is 1. The average molecular weight is 443 g/mol. The van der Waals surface area contributed by atoms with E-state index in [0.717, 1.165) is 0 Å². The van der Waals surface area contributed by atoms with Crippen molar-refractivity contribution in [2.24, 2.45) is 11.6 Å². The molecule has 2 aromatic carbocycles. The lowest BCUT2D eigenvalue weighted by atomic mass is 9.86. The summed E-state index contributed by atoms with van der Waals surface area (Å²) in [5.74, 6) is 5.25. The number of aromatic amines is 1. The lowest BCUT2D eigenvalue weighted by Gasteiger charge is -2.35. The monoisotopic (exact) mass is 443 g/mol. The first kappa shape index (κ1) is 22.9. The van der Waals surface area contributed by atoms with Crippen LogP contribution in [0.1, 0.15) is 17.5 Å². The highest BCUT2D eigenvalue weighted by molar-refractivity contribution is 5.37. The molecule has 32 heavy (non-hydrogen) atoms. The van der Waals surface area contributed by atoms with Crippen LogP contribution in [0.4, 0.5) is 8.78 Å². The van der Waals surface area contributed by atoms with Crippen molar-refractivity contribution in [2.45, 2.75) is 18.6 Å². The molecule has 0 unspecified atom stereocenters. The van der Waals surface area contributed by atoms with Crippen molar-refractivity contribution >= 4 is 0 Å². The normalized spacial score (nSPS) is 12.1. The zero-order valence-corrected chi connectivity index (χ0v) is 17.0. The van der Waals surface area contributed by atoms with E-state index in [0.29, 0.717) is 16.8 Å². The Labute approximate surface area is 182 Å². The minimum Gasteiger partial charge on any atom is -0.403 e. The second-order valence-electron chi connectivity index (χ2n) is 7.21. The van der Waals surface area contributed by atoms with E-state index >= 15 is 0 Å². The summed E-state index contributed by atoms with van der Waals surface area (Å²) in [6.45, 7) is -0.0360. The molecule has 1 aromatic heterocycles. The smallest absolute Gasteiger partial charge is 0.328 e. The standard InChI is InChI=1S/C22H23F2N5O3/c23-17-5-1-15(2-6-17)22(32,16-3-7-18(24)8-4-16)14-29(26)19(13-25)9-11-28-12-10-20(30)27-21(28)31/h1-8,10,12-13,32H,9,11,14,25-26H2,(H,27,30,31)/b19-13-. The Kier molecular flexibility index (Phi) is 6.86. The largest absolute Gasteiger partial charge is 0.403 e. The van der Waals surface area contributed by atoms with E-state index in [9.17, 15) is 23.5 Å². The number of nitrogens with one attached hydrogen (secondary N) is 1. The van der Waals surface area contributed by atoms with Gasteiger partial charge >= 0.3 is 5.69 Å². The third-order valence-electron chi connectivity index (χ3n) is 5.11. The zero-order chi connectivity index (χ0) is 23.3. The molecule has 0 fully saturated rings. The van der Waals surface area contributed by atoms with Crippen molar-refractivity contribution in [3.63, 3.8) is 0 Å². The molecule has 10 heteroatoms. The number of nitrogens with zero attached hydrogens (tertiary/aromatic N) is 2. The SMILES string of the molecule is N/C=C(/CCn1ccc(=O)[nH]c1=O)N(N)CC(O)(c1ccc(F)cc1)c1ccc(F)cc1. The fourth-order valence-electron chi connectivity index (χ4n) is 3.33. The molecular weight excluding hydrogens is 420 g/mol. The first-order chi connectivity index (χ1) is 15.2. The van der Waals surface area contributed by atoms with Gasteiger partial charge in [0.25, 0.3) is 5.56 Å². The van der Waals surface area contributed by atoms with Crippen molar-refractivity contribution in [1.29, 1.82) is 0 Å². The topological polar surface area (TPSA) is 130 Å². The van der Waals surface area contributed by atoms with Gasteiger partial charge in [-0.25, -0.2) is 19.4 Å². The van der Waals surface area contributed by atoms with Crippen LogP contribution in [-0.2, 0) is 12.1 Å². The highest BCUT2D eigenvalue weighted by atomic mass is 19.1. The average Bonchev–Trinajstić information content (AvgIpc) is 2.76. The predicted octanol–water partition coefficient (Wildman–Crippen LogP) is 1.12. The highest BCUT2D eigenvalue weighted by Gasteiger charge is 2.34. The quantitative estimate of drug-likeness (QED) is 0.305. The molecule has 8 nitrogen and oxygen atoms in total. The van der Waals surface area contributed by atoms with Crippen LogP contribution in [0.5, 0.6) is 0 Å². The summed E-state index contributed by atoms with van der Waals surface area (Å²) < 4.78 is 28.2. The van der Waals surface area contributed by atoms with Gasteiger partial charge in [-0.2, -0.15) is 0 Å². The molecule has 0 saturated carbocycles. The molecule has 3 rings (SSSR count). The van der Waals surface area contributed by atoms with Gasteiger partial charge in [-0.05, 0) is 35.4 Å². The molecule has 0 saturated heterocycles. The van der Waals surface area contributed by atoms with E-state index < -0.39 is 28.5 Å². The summed E-state index contributed by atoms with van der Waals surface area (Å²) in [7, 11) is 0. The molecule has 0 aliphatic carbocycles. The van der Waals surface area contributed by atoms with Gasteiger partial charge in [0.15, 0.2) is 0 Å². The van der Waals surface area contributed by atoms with E-state index in [4.69, 9.17) is 11.6 Å². The van der Waals surface area contributed by atoms with Crippen LogP contribution in [-0.4, -0.2) is 26.2 Å². The lowest BCUT2D eigenvalue weighted by molar-refractivity contribution is 0.0448. The molecule has 6 N–H and O–H groups in total. The highest BCUT2D eigenvalue weighted by Crippen LogP contribution is 2.31. The zero-order valence-electron chi connectivity index (χ0n) is 17.0. The van der Waals surface area contributed by atoms with E-state index in [-0.39, 0.29) is 19.5 Å². The van der Waals surface area contributed by atoms with Crippen molar-refractivity contribution in [3.05, 3.63) is 116 Å². The molecule has 168 valence electrons. The summed E-state index contributed by atoms with van der Waals surface area (Å²) in [5, 5.41) is 12.8. The number of halogens is 2. The summed E-state index contributed by atoms with van der Waals surface area (Å²) in [6, 6.07) is 11.7. The van der Waals surface area contributed by atoms with Crippen LogP contribution in [0.3, 0.4) is 0 Å². The minimum atomic E-state index is -1.72. The number of allylic oxidation sites excluding steroid dienone is 1. The van der Waals surface area contributed by atoms with Gasteiger partial charge in [0.1, 0.15) is 17.2 Å². The van der Waals surface area contributed by atoms with E-state index in [1.807, 2.05) is 0 Å². The van der Waals surface area contributed by atoms with Crippen molar-refractivity contribution < 1.29 is 13.9 Å². The third kappa shape index (κ3) is 5.10. The number of benzene rings is 2. The van der Waals surface area contributed by atoms with Crippen LogP contribution >= 0.6 is 0 Å². The number of hydrazine groups is 1. The fraction of sp³-hybridized carbons (Fsp3) is 0.182. The Balaban J connectivity index is 1.87. The van der Waals surface area contributed by atoms with E-state index in [2.05, 4.69) is 4.98 Å².